The Balaban J connectivity index is 1.66. The molecule has 3 heteroatoms. The number of fused-ring (bicyclic) bond motifs is 1. The van der Waals surface area contributed by atoms with Gasteiger partial charge in [-0.15, -0.1) is 0 Å². The van der Waals surface area contributed by atoms with E-state index in [-0.39, 0.29) is 0 Å². The smallest absolute Gasteiger partial charge is 0.119 e. The van der Waals surface area contributed by atoms with E-state index < -0.39 is 5.60 Å². The van der Waals surface area contributed by atoms with Crippen LogP contribution in [0.1, 0.15) is 49.3 Å². The molecule has 0 aliphatic heterocycles. The summed E-state index contributed by atoms with van der Waals surface area (Å²) < 4.78 is 5.82. The molecule has 0 bridgehead atoms. The maximum atomic E-state index is 10.3. The maximum Gasteiger partial charge on any atom is 0.119 e. The zero-order chi connectivity index (χ0) is 13.3. The van der Waals surface area contributed by atoms with Crippen LogP contribution in [0.3, 0.4) is 0 Å². The molecular formula is C16H23NO2. The van der Waals surface area contributed by atoms with Crippen LogP contribution in [-0.2, 0) is 6.42 Å². The maximum absolute atomic E-state index is 10.3. The lowest BCUT2D eigenvalue weighted by Gasteiger charge is -2.22. The van der Waals surface area contributed by atoms with Crippen LogP contribution in [0.25, 0.3) is 0 Å². The molecule has 19 heavy (non-hydrogen) atoms. The van der Waals surface area contributed by atoms with Crippen LogP contribution in [0.15, 0.2) is 18.2 Å². The molecule has 0 aromatic heterocycles. The van der Waals surface area contributed by atoms with Crippen molar-refractivity contribution in [3.8, 4) is 5.75 Å². The largest absolute Gasteiger partial charge is 0.491 e. The number of rotatable bonds is 4. The topological polar surface area (TPSA) is 41.5 Å². The number of ether oxygens (including phenoxy) is 1. The fourth-order valence-corrected chi connectivity index (χ4v) is 3.38. The molecule has 0 radical (unpaired) electrons. The monoisotopic (exact) mass is 261 g/mol. The third kappa shape index (κ3) is 2.63. The van der Waals surface area contributed by atoms with Gasteiger partial charge in [0.15, 0.2) is 0 Å². The summed E-state index contributed by atoms with van der Waals surface area (Å²) in [6.45, 7) is 0.432. The Morgan fingerprint density at radius 3 is 2.89 bits per heavy atom. The van der Waals surface area contributed by atoms with Gasteiger partial charge >= 0.3 is 0 Å². The number of aryl methyl sites for hydroxylation is 1. The lowest BCUT2D eigenvalue weighted by Crippen LogP contribution is -2.32. The number of nitrogens with one attached hydrogen (secondary N) is 1. The summed E-state index contributed by atoms with van der Waals surface area (Å²) in [5, 5.41) is 13.6. The van der Waals surface area contributed by atoms with Crippen molar-refractivity contribution in [1.29, 1.82) is 0 Å². The second-order valence-corrected chi connectivity index (χ2v) is 5.96. The predicted octanol–water partition coefficient (Wildman–Crippen LogP) is 2.58. The first-order chi connectivity index (χ1) is 9.20. The number of aliphatic hydroxyl groups is 1. The fourth-order valence-electron chi connectivity index (χ4n) is 3.38. The minimum atomic E-state index is -0.591. The van der Waals surface area contributed by atoms with Gasteiger partial charge in [-0.1, -0.05) is 18.9 Å². The number of benzene rings is 1. The fraction of sp³-hybridized carbons (Fsp3) is 0.625. The van der Waals surface area contributed by atoms with E-state index in [0.717, 1.165) is 37.9 Å². The van der Waals surface area contributed by atoms with Crippen LogP contribution in [0, 0.1) is 0 Å². The van der Waals surface area contributed by atoms with Crippen LogP contribution in [-0.4, -0.2) is 24.4 Å². The van der Waals surface area contributed by atoms with Gasteiger partial charge in [-0.2, -0.15) is 0 Å². The molecule has 3 nitrogen and oxygen atoms in total. The normalized spacial score (nSPS) is 24.4. The van der Waals surface area contributed by atoms with E-state index in [4.69, 9.17) is 4.74 Å². The van der Waals surface area contributed by atoms with Gasteiger partial charge in [0.1, 0.15) is 12.4 Å². The third-order valence-electron chi connectivity index (χ3n) is 4.58. The van der Waals surface area contributed by atoms with Crippen molar-refractivity contribution in [2.45, 2.75) is 50.2 Å². The molecule has 1 aromatic rings. The van der Waals surface area contributed by atoms with E-state index in [2.05, 4.69) is 17.4 Å². The SMILES string of the molecule is CNC1CCc2cc(OCC3(O)CCCC3)ccc21. The molecule has 1 atom stereocenters. The lowest BCUT2D eigenvalue weighted by molar-refractivity contribution is 0.00139. The van der Waals surface area contributed by atoms with Crippen molar-refractivity contribution in [2.75, 3.05) is 13.7 Å². The quantitative estimate of drug-likeness (QED) is 0.875. The van der Waals surface area contributed by atoms with Gasteiger partial charge in [-0.3, -0.25) is 0 Å². The Bertz CT molecular complexity index is 452. The summed E-state index contributed by atoms with van der Waals surface area (Å²) >= 11 is 0. The molecule has 2 aliphatic carbocycles. The van der Waals surface area contributed by atoms with Crippen molar-refractivity contribution in [3.05, 3.63) is 29.3 Å². The van der Waals surface area contributed by atoms with E-state index in [9.17, 15) is 5.11 Å². The van der Waals surface area contributed by atoms with E-state index in [1.54, 1.807) is 0 Å². The van der Waals surface area contributed by atoms with Crippen LogP contribution in [0.4, 0.5) is 0 Å². The Morgan fingerprint density at radius 2 is 2.16 bits per heavy atom. The minimum Gasteiger partial charge on any atom is -0.491 e. The second kappa shape index (κ2) is 5.14. The first kappa shape index (κ1) is 12.9. The zero-order valence-corrected chi connectivity index (χ0v) is 11.6. The van der Waals surface area contributed by atoms with Gasteiger partial charge in [0.25, 0.3) is 0 Å². The van der Waals surface area contributed by atoms with Crippen molar-refractivity contribution in [2.24, 2.45) is 0 Å². The molecular weight excluding hydrogens is 238 g/mol. The van der Waals surface area contributed by atoms with E-state index in [1.165, 1.54) is 17.5 Å². The van der Waals surface area contributed by atoms with Gasteiger partial charge in [0, 0.05) is 6.04 Å². The Kier molecular flexibility index (Phi) is 3.50. The van der Waals surface area contributed by atoms with Gasteiger partial charge in [-0.25, -0.2) is 0 Å². The molecule has 1 fully saturated rings. The van der Waals surface area contributed by atoms with Gasteiger partial charge in [0.05, 0.1) is 5.60 Å². The standard InChI is InChI=1S/C16H23NO2/c1-17-15-7-4-12-10-13(5-6-14(12)15)19-11-16(18)8-2-3-9-16/h5-6,10,15,17-18H,2-4,7-9,11H2,1H3. The van der Waals surface area contributed by atoms with Gasteiger partial charge < -0.3 is 15.2 Å². The molecule has 0 spiro atoms. The highest BCUT2D eigenvalue weighted by molar-refractivity contribution is 5.40. The molecule has 1 saturated carbocycles. The van der Waals surface area contributed by atoms with Crippen molar-refractivity contribution >= 4 is 0 Å². The van der Waals surface area contributed by atoms with Crippen molar-refractivity contribution in [1.82, 2.24) is 5.32 Å². The van der Waals surface area contributed by atoms with Crippen LogP contribution in [0.2, 0.25) is 0 Å². The average Bonchev–Trinajstić information content (AvgIpc) is 3.02. The predicted molar refractivity (Wildman–Crippen MR) is 75.5 cm³/mol. The molecule has 1 unspecified atom stereocenters. The zero-order valence-electron chi connectivity index (χ0n) is 11.6. The van der Waals surface area contributed by atoms with Gasteiger partial charge in [-0.05, 0) is 56.0 Å². The highest BCUT2D eigenvalue weighted by atomic mass is 16.5. The summed E-state index contributed by atoms with van der Waals surface area (Å²) in [6.07, 6.45) is 6.27. The summed E-state index contributed by atoms with van der Waals surface area (Å²) in [7, 11) is 2.01. The number of hydrogen-bond donors (Lipinski definition) is 2. The highest BCUT2D eigenvalue weighted by Gasteiger charge is 2.32. The summed E-state index contributed by atoms with van der Waals surface area (Å²) in [4.78, 5) is 0. The minimum absolute atomic E-state index is 0.432. The molecule has 0 amide bonds. The molecule has 2 aliphatic rings. The van der Waals surface area contributed by atoms with Crippen LogP contribution < -0.4 is 10.1 Å². The third-order valence-corrected chi connectivity index (χ3v) is 4.58. The van der Waals surface area contributed by atoms with Crippen LogP contribution >= 0.6 is 0 Å². The molecule has 104 valence electrons. The van der Waals surface area contributed by atoms with Gasteiger partial charge in [0.2, 0.25) is 0 Å². The van der Waals surface area contributed by atoms with E-state index >= 15 is 0 Å². The Morgan fingerprint density at radius 1 is 1.37 bits per heavy atom. The number of hydrogen-bond acceptors (Lipinski definition) is 3. The highest BCUT2D eigenvalue weighted by Crippen LogP contribution is 2.34. The Labute approximate surface area is 115 Å². The van der Waals surface area contributed by atoms with Crippen molar-refractivity contribution in [3.63, 3.8) is 0 Å². The van der Waals surface area contributed by atoms with Crippen LogP contribution in [0.5, 0.6) is 5.75 Å². The van der Waals surface area contributed by atoms with E-state index in [0.29, 0.717) is 12.6 Å². The Hall–Kier alpha value is -1.06. The second-order valence-electron chi connectivity index (χ2n) is 5.96. The first-order valence-electron chi connectivity index (χ1n) is 7.35. The molecule has 0 saturated heterocycles. The first-order valence-corrected chi connectivity index (χ1v) is 7.35. The summed E-state index contributed by atoms with van der Waals surface area (Å²) in [6, 6.07) is 6.83. The van der Waals surface area contributed by atoms with E-state index in [1.807, 2.05) is 13.1 Å². The molecule has 1 aromatic carbocycles. The average molecular weight is 261 g/mol. The van der Waals surface area contributed by atoms with Crippen molar-refractivity contribution < 1.29 is 9.84 Å². The summed E-state index contributed by atoms with van der Waals surface area (Å²) in [5.74, 6) is 0.899. The molecule has 0 heterocycles. The molecule has 3 rings (SSSR count). The summed E-state index contributed by atoms with van der Waals surface area (Å²) in [5.41, 5.74) is 2.19. The molecule has 2 N–H and O–H groups in total. The lowest BCUT2D eigenvalue weighted by atomic mass is 10.0.